The van der Waals surface area contributed by atoms with Gasteiger partial charge in [0.1, 0.15) is 12.6 Å². The number of aryl methyl sites for hydroxylation is 2. The third-order valence-corrected chi connectivity index (χ3v) is 3.43. The number of alkyl carbamates (subject to hydrolysis) is 1. The molecule has 0 saturated heterocycles. The average Bonchev–Trinajstić information content (AvgIpc) is 2.53. The number of carbonyl (C=O) groups excluding carboxylic acids is 2. The van der Waals surface area contributed by atoms with Crippen LogP contribution in [0.3, 0.4) is 0 Å². The zero-order valence-corrected chi connectivity index (χ0v) is 14.1. The molecule has 2 aromatic carbocycles. The molecule has 0 heterocycles. The predicted molar refractivity (Wildman–Crippen MR) is 93.8 cm³/mol. The van der Waals surface area contributed by atoms with Crippen LogP contribution < -0.4 is 10.6 Å². The molecule has 5 heteroatoms. The van der Waals surface area contributed by atoms with Crippen molar-refractivity contribution in [1.82, 2.24) is 5.32 Å². The zero-order chi connectivity index (χ0) is 17.5. The lowest BCUT2D eigenvalue weighted by Crippen LogP contribution is -2.41. The topological polar surface area (TPSA) is 67.4 Å². The van der Waals surface area contributed by atoms with Crippen molar-refractivity contribution in [3.8, 4) is 0 Å². The monoisotopic (exact) mass is 326 g/mol. The fourth-order valence-corrected chi connectivity index (χ4v) is 2.30. The maximum absolute atomic E-state index is 12.2. The highest BCUT2D eigenvalue weighted by Gasteiger charge is 2.16. The average molecular weight is 326 g/mol. The van der Waals surface area contributed by atoms with Crippen molar-refractivity contribution in [1.29, 1.82) is 0 Å². The molecule has 2 rings (SSSR count). The van der Waals surface area contributed by atoms with E-state index < -0.39 is 12.1 Å². The van der Waals surface area contributed by atoms with Crippen LogP contribution in [0.25, 0.3) is 0 Å². The first-order valence-corrected chi connectivity index (χ1v) is 7.80. The van der Waals surface area contributed by atoms with Crippen molar-refractivity contribution in [3.05, 3.63) is 65.2 Å². The Labute approximate surface area is 142 Å². The Hall–Kier alpha value is -2.82. The lowest BCUT2D eigenvalue weighted by Gasteiger charge is -2.15. The molecule has 0 unspecified atom stereocenters. The standard InChI is InChI=1S/C19H22N2O3/c1-13-9-14(2)11-17(10-13)21-18(22)15(3)20-19(23)24-12-16-7-5-4-6-8-16/h4-11,15H,12H2,1-3H3,(H,20,23)(H,21,22)/t15-/m0/s1. The van der Waals surface area contributed by atoms with Gasteiger partial charge >= 0.3 is 6.09 Å². The zero-order valence-electron chi connectivity index (χ0n) is 14.1. The van der Waals surface area contributed by atoms with Crippen molar-refractivity contribution < 1.29 is 14.3 Å². The van der Waals surface area contributed by atoms with Gasteiger partial charge in [-0.3, -0.25) is 4.79 Å². The van der Waals surface area contributed by atoms with Crippen LogP contribution in [-0.4, -0.2) is 18.0 Å². The van der Waals surface area contributed by atoms with E-state index in [1.165, 1.54) is 0 Å². The van der Waals surface area contributed by atoms with E-state index in [0.717, 1.165) is 16.7 Å². The summed E-state index contributed by atoms with van der Waals surface area (Å²) >= 11 is 0. The summed E-state index contributed by atoms with van der Waals surface area (Å²) in [6.07, 6.45) is -0.623. The van der Waals surface area contributed by atoms with E-state index in [1.54, 1.807) is 6.92 Å². The Balaban J connectivity index is 1.83. The molecule has 0 aliphatic carbocycles. The van der Waals surface area contributed by atoms with Gasteiger partial charge in [-0.05, 0) is 49.6 Å². The number of hydrogen-bond donors (Lipinski definition) is 2. The molecule has 0 saturated carbocycles. The molecule has 2 aromatic rings. The minimum Gasteiger partial charge on any atom is -0.445 e. The summed E-state index contributed by atoms with van der Waals surface area (Å²) < 4.78 is 5.11. The minimum absolute atomic E-state index is 0.165. The molecule has 24 heavy (non-hydrogen) atoms. The Morgan fingerprint density at radius 1 is 1.04 bits per heavy atom. The molecule has 0 spiro atoms. The highest BCUT2D eigenvalue weighted by atomic mass is 16.5. The first kappa shape index (κ1) is 17.5. The second-order valence-electron chi connectivity index (χ2n) is 5.79. The lowest BCUT2D eigenvalue weighted by molar-refractivity contribution is -0.117. The van der Waals surface area contributed by atoms with Gasteiger partial charge in [-0.2, -0.15) is 0 Å². The molecular weight excluding hydrogens is 304 g/mol. The van der Waals surface area contributed by atoms with E-state index in [-0.39, 0.29) is 12.5 Å². The number of amides is 2. The summed E-state index contributed by atoms with van der Waals surface area (Å²) in [4.78, 5) is 23.9. The first-order chi connectivity index (χ1) is 11.4. The second kappa shape index (κ2) is 8.15. The van der Waals surface area contributed by atoms with Crippen molar-refractivity contribution in [2.45, 2.75) is 33.4 Å². The molecule has 0 radical (unpaired) electrons. The van der Waals surface area contributed by atoms with E-state index in [9.17, 15) is 9.59 Å². The molecule has 1 atom stereocenters. The van der Waals surface area contributed by atoms with E-state index in [1.807, 2.05) is 62.4 Å². The summed E-state index contributed by atoms with van der Waals surface area (Å²) in [5.74, 6) is -0.295. The second-order valence-corrected chi connectivity index (χ2v) is 5.79. The van der Waals surface area contributed by atoms with Gasteiger partial charge in [-0.25, -0.2) is 4.79 Å². The predicted octanol–water partition coefficient (Wildman–Crippen LogP) is 3.56. The third kappa shape index (κ3) is 5.43. The smallest absolute Gasteiger partial charge is 0.408 e. The normalized spacial score (nSPS) is 11.5. The van der Waals surface area contributed by atoms with Gasteiger partial charge in [-0.1, -0.05) is 36.4 Å². The first-order valence-electron chi connectivity index (χ1n) is 7.80. The number of hydrogen-bond acceptors (Lipinski definition) is 3. The molecule has 0 aliphatic heterocycles. The lowest BCUT2D eigenvalue weighted by atomic mass is 10.1. The van der Waals surface area contributed by atoms with Crippen molar-refractivity contribution in [2.75, 3.05) is 5.32 Å². The molecule has 2 N–H and O–H groups in total. The van der Waals surface area contributed by atoms with Gasteiger partial charge in [0.25, 0.3) is 0 Å². The van der Waals surface area contributed by atoms with Crippen molar-refractivity contribution >= 4 is 17.7 Å². The van der Waals surface area contributed by atoms with E-state index >= 15 is 0 Å². The SMILES string of the molecule is Cc1cc(C)cc(NC(=O)[C@H](C)NC(=O)OCc2ccccc2)c1. The molecular formula is C19H22N2O3. The highest BCUT2D eigenvalue weighted by molar-refractivity contribution is 5.96. The number of benzene rings is 2. The number of nitrogens with one attached hydrogen (secondary N) is 2. The molecule has 0 aromatic heterocycles. The van der Waals surface area contributed by atoms with Crippen LogP contribution in [0.2, 0.25) is 0 Å². The molecule has 0 bridgehead atoms. The van der Waals surface area contributed by atoms with Crippen LogP contribution in [0, 0.1) is 13.8 Å². The third-order valence-electron chi connectivity index (χ3n) is 3.43. The van der Waals surface area contributed by atoms with Crippen LogP contribution in [-0.2, 0) is 16.1 Å². The minimum atomic E-state index is -0.700. The molecule has 126 valence electrons. The summed E-state index contributed by atoms with van der Waals surface area (Å²) in [5, 5.41) is 5.32. The van der Waals surface area contributed by atoms with Gasteiger partial charge in [0.2, 0.25) is 5.91 Å². The molecule has 0 aliphatic rings. The van der Waals surface area contributed by atoms with Crippen molar-refractivity contribution in [3.63, 3.8) is 0 Å². The Morgan fingerprint density at radius 2 is 1.67 bits per heavy atom. The van der Waals surface area contributed by atoms with E-state index in [4.69, 9.17) is 4.74 Å². The quantitative estimate of drug-likeness (QED) is 0.883. The van der Waals surface area contributed by atoms with Crippen LogP contribution in [0.4, 0.5) is 10.5 Å². The fraction of sp³-hybridized carbons (Fsp3) is 0.263. The van der Waals surface area contributed by atoms with Gasteiger partial charge < -0.3 is 15.4 Å². The number of ether oxygens (including phenoxy) is 1. The number of carbonyl (C=O) groups is 2. The van der Waals surface area contributed by atoms with E-state index in [0.29, 0.717) is 5.69 Å². The van der Waals surface area contributed by atoms with Crippen LogP contribution in [0.1, 0.15) is 23.6 Å². The van der Waals surface area contributed by atoms with Gasteiger partial charge in [-0.15, -0.1) is 0 Å². The van der Waals surface area contributed by atoms with Gasteiger partial charge in [0, 0.05) is 5.69 Å². The summed E-state index contributed by atoms with van der Waals surface area (Å²) in [6.45, 7) is 5.70. The number of anilines is 1. The molecule has 0 fully saturated rings. The number of rotatable bonds is 5. The molecule has 2 amide bonds. The summed E-state index contributed by atoms with van der Waals surface area (Å²) in [6, 6.07) is 14.5. The Kier molecular flexibility index (Phi) is 5.95. The summed E-state index contributed by atoms with van der Waals surface area (Å²) in [7, 11) is 0. The highest BCUT2D eigenvalue weighted by Crippen LogP contribution is 2.14. The van der Waals surface area contributed by atoms with Crippen LogP contribution in [0.5, 0.6) is 0 Å². The molecule has 5 nitrogen and oxygen atoms in total. The Bertz CT molecular complexity index is 694. The van der Waals surface area contributed by atoms with Crippen LogP contribution in [0.15, 0.2) is 48.5 Å². The van der Waals surface area contributed by atoms with Crippen molar-refractivity contribution in [2.24, 2.45) is 0 Å². The maximum atomic E-state index is 12.2. The fourth-order valence-electron chi connectivity index (χ4n) is 2.30. The largest absolute Gasteiger partial charge is 0.445 e. The van der Waals surface area contributed by atoms with Gasteiger partial charge in [0.05, 0.1) is 0 Å². The maximum Gasteiger partial charge on any atom is 0.408 e. The van der Waals surface area contributed by atoms with E-state index in [2.05, 4.69) is 10.6 Å². The Morgan fingerprint density at radius 3 is 2.29 bits per heavy atom. The van der Waals surface area contributed by atoms with Gasteiger partial charge in [0.15, 0.2) is 0 Å². The van der Waals surface area contributed by atoms with Crippen LogP contribution >= 0.6 is 0 Å². The summed E-state index contributed by atoms with van der Waals surface area (Å²) in [5.41, 5.74) is 3.73.